The Morgan fingerprint density at radius 1 is 0.760 bits per heavy atom. The summed E-state index contributed by atoms with van der Waals surface area (Å²) in [7, 11) is -16.2. The SMILES string of the molecule is O=[N+]([O-])N(CCNS(=O)(=O)F)S(=O)(=O)N(CCNS(=O)(=O)F)[N+](=O)[O-]. The van der Waals surface area contributed by atoms with E-state index >= 15 is 0 Å². The van der Waals surface area contributed by atoms with E-state index in [0.29, 0.717) is 0 Å². The van der Waals surface area contributed by atoms with Crippen LogP contribution in [-0.2, 0) is 31.0 Å². The van der Waals surface area contributed by atoms with Gasteiger partial charge in [0.1, 0.15) is 13.1 Å². The third-order valence-corrected chi connectivity index (χ3v) is 4.85. The molecule has 0 bridgehead atoms. The minimum absolute atomic E-state index is 0.794. The van der Waals surface area contributed by atoms with Crippen LogP contribution in [0.2, 0.25) is 0 Å². The molecule has 0 saturated carbocycles. The highest BCUT2D eigenvalue weighted by Gasteiger charge is 2.43. The van der Waals surface area contributed by atoms with Crippen molar-refractivity contribution in [3.8, 4) is 0 Å². The van der Waals surface area contributed by atoms with Crippen LogP contribution in [0.3, 0.4) is 0 Å². The molecule has 0 rings (SSSR count). The van der Waals surface area contributed by atoms with Crippen LogP contribution in [-0.4, -0.2) is 70.3 Å². The van der Waals surface area contributed by atoms with Gasteiger partial charge in [-0.3, -0.25) is 0 Å². The number of nitrogens with zero attached hydrogens (tertiary/aromatic N) is 4. The van der Waals surface area contributed by atoms with E-state index in [2.05, 4.69) is 0 Å². The Hall–Kier alpha value is -1.97. The second kappa shape index (κ2) is 8.41. The molecule has 16 nitrogen and oxygen atoms in total. The molecule has 0 aliphatic carbocycles. The minimum Gasteiger partial charge on any atom is -0.234 e. The summed E-state index contributed by atoms with van der Waals surface area (Å²) in [6, 6.07) is 0. The molecule has 21 heteroatoms. The van der Waals surface area contributed by atoms with Crippen molar-refractivity contribution in [3.63, 3.8) is 0 Å². The number of nitrogens with one attached hydrogen (secondary N) is 2. The van der Waals surface area contributed by atoms with Crippen molar-refractivity contribution in [2.75, 3.05) is 26.2 Å². The summed E-state index contributed by atoms with van der Waals surface area (Å²) in [6.07, 6.45) is 0. The van der Waals surface area contributed by atoms with Gasteiger partial charge in [-0.15, -0.1) is 0 Å². The normalized spacial score (nSPS) is 12.6. The smallest absolute Gasteiger partial charge is 0.234 e. The Kier molecular flexibility index (Phi) is 7.75. The lowest BCUT2D eigenvalue weighted by Gasteiger charge is -2.18. The van der Waals surface area contributed by atoms with E-state index < -0.39 is 76.1 Å². The van der Waals surface area contributed by atoms with Crippen molar-refractivity contribution in [2.45, 2.75) is 0 Å². The van der Waals surface area contributed by atoms with Crippen molar-refractivity contribution in [2.24, 2.45) is 0 Å². The van der Waals surface area contributed by atoms with Gasteiger partial charge in [0.25, 0.3) is 0 Å². The minimum atomic E-state index is -5.54. The first kappa shape index (κ1) is 23.0. The van der Waals surface area contributed by atoms with Crippen molar-refractivity contribution in [1.29, 1.82) is 0 Å². The lowest BCUT2D eigenvalue weighted by molar-refractivity contribution is -0.644. The highest BCUT2D eigenvalue weighted by molar-refractivity contribution is 7.86. The summed E-state index contributed by atoms with van der Waals surface area (Å²) in [6.45, 7) is -5.00. The first-order chi connectivity index (χ1) is 11.1. The zero-order valence-electron chi connectivity index (χ0n) is 11.7. The van der Waals surface area contributed by atoms with Crippen molar-refractivity contribution in [3.05, 3.63) is 20.2 Å². The molecule has 0 radical (unpaired) electrons. The van der Waals surface area contributed by atoms with Gasteiger partial charge in [0.05, 0.1) is 0 Å². The molecule has 0 fully saturated rings. The van der Waals surface area contributed by atoms with Gasteiger partial charge in [-0.25, -0.2) is 20.2 Å². The number of halogens is 2. The highest BCUT2D eigenvalue weighted by atomic mass is 32.3. The molecular formula is C4H10F2N6O10S3. The number of nitro groups is 2. The van der Waals surface area contributed by atoms with E-state index in [1.165, 1.54) is 0 Å². The Morgan fingerprint density at radius 2 is 1.04 bits per heavy atom. The summed E-state index contributed by atoms with van der Waals surface area (Å²) in [5.74, 6) is 0. The van der Waals surface area contributed by atoms with E-state index in [0.717, 1.165) is 9.44 Å². The maximum absolute atomic E-state index is 12.2. The van der Waals surface area contributed by atoms with Gasteiger partial charge < -0.3 is 0 Å². The number of hydrazine groups is 2. The fourth-order valence-electron chi connectivity index (χ4n) is 1.20. The van der Waals surface area contributed by atoms with Crippen molar-refractivity contribution < 1.29 is 43.1 Å². The van der Waals surface area contributed by atoms with Crippen LogP contribution >= 0.6 is 0 Å². The van der Waals surface area contributed by atoms with E-state index in [1.54, 1.807) is 0 Å². The quantitative estimate of drug-likeness (QED) is 0.177. The predicted molar refractivity (Wildman–Crippen MR) is 72.4 cm³/mol. The number of rotatable bonds is 12. The highest BCUT2D eigenvalue weighted by Crippen LogP contribution is 2.08. The van der Waals surface area contributed by atoms with Crippen LogP contribution in [0, 0.1) is 20.2 Å². The maximum Gasteiger partial charge on any atom is 0.425 e. The molecule has 0 unspecified atom stereocenters. The Morgan fingerprint density at radius 3 is 1.24 bits per heavy atom. The molecule has 0 aromatic rings. The first-order valence-corrected chi connectivity index (χ1v) is 9.72. The Balaban J connectivity index is 5.34. The second-order valence-electron chi connectivity index (χ2n) is 3.74. The van der Waals surface area contributed by atoms with E-state index in [1.807, 2.05) is 0 Å². The van der Waals surface area contributed by atoms with Gasteiger partial charge in [0, 0.05) is 21.9 Å². The molecule has 0 aliphatic heterocycles. The van der Waals surface area contributed by atoms with Crippen molar-refractivity contribution in [1.82, 2.24) is 18.3 Å². The lowest BCUT2D eigenvalue weighted by Crippen LogP contribution is -2.52. The summed E-state index contributed by atoms with van der Waals surface area (Å²) in [5, 5.41) is 18.1. The molecule has 0 atom stereocenters. The summed E-state index contributed by atoms with van der Waals surface area (Å²) >= 11 is 0. The molecule has 0 saturated heterocycles. The second-order valence-corrected chi connectivity index (χ2v) is 7.81. The van der Waals surface area contributed by atoms with E-state index in [-0.39, 0.29) is 0 Å². The molecule has 0 amide bonds. The van der Waals surface area contributed by atoms with Gasteiger partial charge in [-0.1, -0.05) is 7.77 Å². The van der Waals surface area contributed by atoms with Gasteiger partial charge in [-0.05, 0) is 0 Å². The topological polar surface area (TPSA) is 219 Å². The van der Waals surface area contributed by atoms with Gasteiger partial charge >= 0.3 is 31.0 Å². The molecule has 0 aliphatic rings. The van der Waals surface area contributed by atoms with Gasteiger partial charge in [0.15, 0.2) is 10.1 Å². The Bertz CT molecular complexity index is 748. The zero-order valence-corrected chi connectivity index (χ0v) is 14.1. The number of hydrogen-bond donors (Lipinski definition) is 2. The third-order valence-electron chi connectivity index (χ3n) is 2.05. The average Bonchev–Trinajstić information content (AvgIpc) is 2.35. The van der Waals surface area contributed by atoms with Crippen LogP contribution in [0.1, 0.15) is 0 Å². The molecule has 0 heterocycles. The average molecular weight is 436 g/mol. The van der Waals surface area contributed by atoms with Gasteiger partial charge in [-0.2, -0.15) is 34.7 Å². The predicted octanol–water partition coefficient (Wildman–Crippen LogP) is -3.17. The van der Waals surface area contributed by atoms with Crippen LogP contribution in [0.25, 0.3) is 0 Å². The summed E-state index contributed by atoms with van der Waals surface area (Å²) < 4.78 is 89.4. The lowest BCUT2D eigenvalue weighted by atomic mass is 10.7. The monoisotopic (exact) mass is 436 g/mol. The van der Waals surface area contributed by atoms with Gasteiger partial charge in [0.2, 0.25) is 0 Å². The standard InChI is InChI=1S/C4H10F2N6O10S3/c5-23(17,18)7-1-3-9(11(13)14)25(21,22)10(12(15)16)4-2-8-24(6,19)20/h7-8H,1-4H2. The van der Waals surface area contributed by atoms with Crippen LogP contribution < -0.4 is 9.44 Å². The molecule has 0 aromatic heterocycles. The fourth-order valence-corrected chi connectivity index (χ4v) is 3.07. The molecule has 25 heavy (non-hydrogen) atoms. The molecule has 0 aromatic carbocycles. The fraction of sp³-hybridized carbons (Fsp3) is 1.00. The van der Waals surface area contributed by atoms with Crippen LogP contribution in [0.5, 0.6) is 0 Å². The van der Waals surface area contributed by atoms with Crippen molar-refractivity contribution >= 4 is 31.0 Å². The zero-order chi connectivity index (χ0) is 20.1. The molecule has 0 spiro atoms. The first-order valence-electron chi connectivity index (χ1n) is 5.55. The molecular weight excluding hydrogens is 426 g/mol. The Labute approximate surface area is 139 Å². The molecule has 2 N–H and O–H groups in total. The van der Waals surface area contributed by atoms with Crippen LogP contribution in [0.4, 0.5) is 7.77 Å². The van der Waals surface area contributed by atoms with Crippen LogP contribution in [0.15, 0.2) is 0 Å². The summed E-state index contributed by atoms with van der Waals surface area (Å²) in [4.78, 5) is 21.4. The largest absolute Gasteiger partial charge is 0.425 e. The maximum atomic E-state index is 12.2. The third kappa shape index (κ3) is 8.62. The van der Waals surface area contributed by atoms with E-state index in [9.17, 15) is 53.3 Å². The number of hydrogen-bond acceptors (Lipinski definition) is 10. The summed E-state index contributed by atoms with van der Waals surface area (Å²) in [5.41, 5.74) is 0. The molecule has 148 valence electrons. The van der Waals surface area contributed by atoms with E-state index in [4.69, 9.17) is 0 Å².